The lowest BCUT2D eigenvalue weighted by Crippen LogP contribution is -2.46. The first-order chi connectivity index (χ1) is 9.07. The quantitative estimate of drug-likeness (QED) is 0.780. The second-order valence-corrected chi connectivity index (χ2v) is 5.13. The zero-order valence-electron chi connectivity index (χ0n) is 10.5. The Labute approximate surface area is 116 Å². The first-order valence-corrected chi connectivity index (χ1v) is 6.51. The van der Waals surface area contributed by atoms with Crippen molar-refractivity contribution in [3.05, 3.63) is 34.9 Å². The van der Waals surface area contributed by atoms with Gasteiger partial charge in [-0.1, -0.05) is 23.7 Å². The van der Waals surface area contributed by atoms with Gasteiger partial charge in [0.25, 0.3) is 0 Å². The van der Waals surface area contributed by atoms with Gasteiger partial charge in [0.15, 0.2) is 0 Å². The molecule has 1 fully saturated rings. The van der Waals surface area contributed by atoms with E-state index in [0.29, 0.717) is 24.6 Å². The van der Waals surface area contributed by atoms with Gasteiger partial charge in [-0.25, -0.2) is 4.79 Å². The number of ether oxygens (including phenoxy) is 1. The fourth-order valence-electron chi connectivity index (χ4n) is 1.83. The number of benzene rings is 1. The normalized spacial score (nSPS) is 22.2. The highest BCUT2D eigenvalue weighted by Crippen LogP contribution is 2.16. The molecular weight excluding hydrogens is 268 g/mol. The van der Waals surface area contributed by atoms with Crippen molar-refractivity contribution in [1.82, 2.24) is 10.6 Å². The first kappa shape index (κ1) is 14.1. The summed E-state index contributed by atoms with van der Waals surface area (Å²) < 4.78 is 5.10. The van der Waals surface area contributed by atoms with Gasteiger partial charge in [0.05, 0.1) is 13.2 Å². The number of urea groups is 1. The number of hydrogen-bond donors (Lipinski definition) is 3. The van der Waals surface area contributed by atoms with E-state index in [1.54, 1.807) is 12.1 Å². The summed E-state index contributed by atoms with van der Waals surface area (Å²) in [5, 5.41) is 16.0. The molecule has 1 aromatic carbocycles. The highest BCUT2D eigenvalue weighted by molar-refractivity contribution is 6.30. The van der Waals surface area contributed by atoms with Crippen LogP contribution in [0.4, 0.5) is 4.79 Å². The predicted octanol–water partition coefficient (Wildman–Crippen LogP) is 1.29. The van der Waals surface area contributed by atoms with Crippen LogP contribution in [-0.4, -0.2) is 36.5 Å². The molecular formula is C13H17ClN2O3. The van der Waals surface area contributed by atoms with Gasteiger partial charge in [-0.2, -0.15) is 0 Å². The lowest BCUT2D eigenvalue weighted by atomic mass is 10.0. The molecule has 0 aromatic heterocycles. The number of amides is 2. The number of nitrogens with one attached hydrogen (secondary N) is 2. The second kappa shape index (κ2) is 6.23. The van der Waals surface area contributed by atoms with Gasteiger partial charge in [-0.05, 0) is 17.7 Å². The molecule has 1 atom stereocenters. The Morgan fingerprint density at radius 3 is 2.74 bits per heavy atom. The van der Waals surface area contributed by atoms with Crippen LogP contribution in [0.25, 0.3) is 0 Å². The number of carbonyl (C=O) groups excluding carboxylic acids is 1. The van der Waals surface area contributed by atoms with E-state index >= 15 is 0 Å². The average molecular weight is 285 g/mol. The van der Waals surface area contributed by atoms with E-state index in [9.17, 15) is 9.90 Å². The fourth-order valence-corrected chi connectivity index (χ4v) is 1.95. The lowest BCUT2D eigenvalue weighted by molar-refractivity contribution is 0.0292. The van der Waals surface area contributed by atoms with E-state index in [2.05, 4.69) is 10.6 Å². The molecule has 0 bridgehead atoms. The van der Waals surface area contributed by atoms with Gasteiger partial charge >= 0.3 is 6.03 Å². The predicted molar refractivity (Wildman–Crippen MR) is 72.1 cm³/mol. The highest BCUT2D eigenvalue weighted by Gasteiger charge is 2.32. The molecule has 2 rings (SSSR count). The highest BCUT2D eigenvalue weighted by atomic mass is 35.5. The molecule has 2 amide bonds. The molecule has 0 aliphatic carbocycles. The van der Waals surface area contributed by atoms with Crippen molar-refractivity contribution in [1.29, 1.82) is 0 Å². The molecule has 1 saturated heterocycles. The molecule has 3 N–H and O–H groups in total. The summed E-state index contributed by atoms with van der Waals surface area (Å²) >= 11 is 5.77. The molecule has 1 aliphatic rings. The minimum absolute atomic E-state index is 0.194. The van der Waals surface area contributed by atoms with E-state index in [0.717, 1.165) is 5.56 Å². The van der Waals surface area contributed by atoms with E-state index in [-0.39, 0.29) is 19.2 Å². The molecule has 1 unspecified atom stereocenters. The van der Waals surface area contributed by atoms with Crippen molar-refractivity contribution in [2.45, 2.75) is 18.6 Å². The molecule has 1 aromatic rings. The molecule has 0 spiro atoms. The fraction of sp³-hybridized carbons (Fsp3) is 0.462. The van der Waals surface area contributed by atoms with E-state index in [1.807, 2.05) is 12.1 Å². The standard InChI is InChI=1S/C13H17ClN2O3/c14-11-3-1-10(2-4-11)7-15-12(17)16-8-13(18)5-6-19-9-13/h1-4,18H,5-9H2,(H2,15,16,17). The Hall–Kier alpha value is -1.30. The van der Waals surface area contributed by atoms with Crippen molar-refractivity contribution in [3.63, 3.8) is 0 Å². The topological polar surface area (TPSA) is 70.6 Å². The summed E-state index contributed by atoms with van der Waals surface area (Å²) in [5.41, 5.74) is 0.0277. The molecule has 1 aliphatic heterocycles. The van der Waals surface area contributed by atoms with Crippen molar-refractivity contribution in [2.75, 3.05) is 19.8 Å². The Balaban J connectivity index is 1.71. The lowest BCUT2D eigenvalue weighted by Gasteiger charge is -2.20. The Bertz CT molecular complexity index is 430. The first-order valence-electron chi connectivity index (χ1n) is 6.14. The van der Waals surface area contributed by atoms with Gasteiger partial charge in [0, 0.05) is 24.6 Å². The number of carbonyl (C=O) groups is 1. The molecule has 1 heterocycles. The third kappa shape index (κ3) is 4.38. The van der Waals surface area contributed by atoms with Crippen molar-refractivity contribution >= 4 is 17.6 Å². The van der Waals surface area contributed by atoms with Crippen LogP contribution >= 0.6 is 11.6 Å². The number of hydrogen-bond acceptors (Lipinski definition) is 3. The van der Waals surface area contributed by atoms with Gasteiger partial charge in [-0.3, -0.25) is 0 Å². The summed E-state index contributed by atoms with van der Waals surface area (Å²) in [5.74, 6) is 0. The minimum Gasteiger partial charge on any atom is -0.386 e. The third-order valence-electron chi connectivity index (χ3n) is 3.03. The molecule has 19 heavy (non-hydrogen) atoms. The van der Waals surface area contributed by atoms with Crippen LogP contribution in [-0.2, 0) is 11.3 Å². The number of halogens is 1. The summed E-state index contributed by atoms with van der Waals surface area (Å²) in [7, 11) is 0. The molecule has 6 heteroatoms. The maximum Gasteiger partial charge on any atom is 0.315 e. The minimum atomic E-state index is -0.933. The maximum absolute atomic E-state index is 11.6. The van der Waals surface area contributed by atoms with Gasteiger partial charge in [0.2, 0.25) is 0 Å². The summed E-state index contributed by atoms with van der Waals surface area (Å²) in [6.07, 6.45) is 0.546. The summed E-state index contributed by atoms with van der Waals surface area (Å²) in [6.45, 7) is 1.41. The Kier molecular flexibility index (Phi) is 4.63. The van der Waals surface area contributed by atoms with Gasteiger partial charge in [0.1, 0.15) is 5.60 Å². The summed E-state index contributed by atoms with van der Waals surface area (Å²) in [6, 6.07) is 6.93. The molecule has 0 radical (unpaired) electrons. The van der Waals surface area contributed by atoms with Crippen LogP contribution in [0.5, 0.6) is 0 Å². The van der Waals surface area contributed by atoms with Crippen LogP contribution in [0, 0.1) is 0 Å². The van der Waals surface area contributed by atoms with Crippen LogP contribution < -0.4 is 10.6 Å². The van der Waals surface area contributed by atoms with Gasteiger partial charge < -0.3 is 20.5 Å². The second-order valence-electron chi connectivity index (χ2n) is 4.69. The van der Waals surface area contributed by atoms with Crippen molar-refractivity contribution in [2.24, 2.45) is 0 Å². The SMILES string of the molecule is O=C(NCc1ccc(Cl)cc1)NCC1(O)CCOC1. The third-order valence-corrected chi connectivity index (χ3v) is 3.28. The van der Waals surface area contributed by atoms with E-state index in [4.69, 9.17) is 16.3 Å². The number of aliphatic hydroxyl groups is 1. The summed E-state index contributed by atoms with van der Waals surface area (Å²) in [4.78, 5) is 11.6. The molecule has 0 saturated carbocycles. The van der Waals surface area contributed by atoms with Gasteiger partial charge in [-0.15, -0.1) is 0 Å². The maximum atomic E-state index is 11.6. The number of rotatable bonds is 4. The smallest absolute Gasteiger partial charge is 0.315 e. The Morgan fingerprint density at radius 1 is 1.37 bits per heavy atom. The average Bonchev–Trinajstić information content (AvgIpc) is 2.83. The largest absolute Gasteiger partial charge is 0.386 e. The van der Waals surface area contributed by atoms with Crippen molar-refractivity contribution < 1.29 is 14.6 Å². The van der Waals surface area contributed by atoms with Crippen molar-refractivity contribution in [3.8, 4) is 0 Å². The molecule has 5 nitrogen and oxygen atoms in total. The zero-order chi connectivity index (χ0) is 13.7. The Morgan fingerprint density at radius 2 is 2.11 bits per heavy atom. The monoisotopic (exact) mass is 284 g/mol. The van der Waals surface area contributed by atoms with E-state index < -0.39 is 5.60 Å². The van der Waals surface area contributed by atoms with E-state index in [1.165, 1.54) is 0 Å². The van der Waals surface area contributed by atoms with Crippen LogP contribution in [0.2, 0.25) is 5.02 Å². The molecule has 104 valence electrons. The van der Waals surface area contributed by atoms with Crippen LogP contribution in [0.1, 0.15) is 12.0 Å². The van der Waals surface area contributed by atoms with Crippen LogP contribution in [0.15, 0.2) is 24.3 Å². The zero-order valence-corrected chi connectivity index (χ0v) is 11.2. The van der Waals surface area contributed by atoms with Crippen LogP contribution in [0.3, 0.4) is 0 Å².